The molecule has 35 heavy (non-hydrogen) atoms. The molecule has 10 heteroatoms. The number of carbonyl (C=O) groups excluding carboxylic acids is 3. The van der Waals surface area contributed by atoms with Gasteiger partial charge in [-0.25, -0.2) is 0 Å². The molecule has 0 radical (unpaired) electrons. The molecule has 0 N–H and O–H groups in total. The van der Waals surface area contributed by atoms with Crippen LogP contribution in [0.15, 0.2) is 64.0 Å². The van der Waals surface area contributed by atoms with Crippen LogP contribution in [0.5, 0.6) is 0 Å². The number of rotatable bonds is 5. The molecule has 180 valence electrons. The number of nitrogens with zero attached hydrogens (tertiary/aromatic N) is 2. The number of hydrogen-bond acceptors (Lipinski definition) is 4. The van der Waals surface area contributed by atoms with Gasteiger partial charge in [-0.3, -0.25) is 19.3 Å². The summed E-state index contributed by atoms with van der Waals surface area (Å²) in [7, 11) is 0. The second-order valence-corrected chi connectivity index (χ2v) is 9.82. The van der Waals surface area contributed by atoms with Crippen LogP contribution >= 0.6 is 27.7 Å². The Hall–Kier alpha value is -3.11. The Morgan fingerprint density at radius 3 is 2.40 bits per heavy atom. The number of thioether (sulfide) groups is 1. The number of aromatic nitrogens is 1. The molecule has 0 spiro atoms. The molecule has 1 aliphatic heterocycles. The monoisotopic (exact) mass is 562 g/mol. The van der Waals surface area contributed by atoms with E-state index in [1.54, 1.807) is 54.8 Å². The number of amides is 2. The summed E-state index contributed by atoms with van der Waals surface area (Å²) in [5.41, 5.74) is 1.81. The van der Waals surface area contributed by atoms with Crippen molar-refractivity contribution in [3.8, 4) is 5.69 Å². The van der Waals surface area contributed by atoms with E-state index in [9.17, 15) is 27.6 Å². The zero-order valence-corrected chi connectivity index (χ0v) is 20.9. The third-order valence-electron chi connectivity index (χ3n) is 5.53. The van der Waals surface area contributed by atoms with E-state index in [1.807, 2.05) is 0 Å². The normalized spacial score (nSPS) is 15.4. The van der Waals surface area contributed by atoms with Gasteiger partial charge in [0, 0.05) is 27.1 Å². The molecule has 0 aliphatic carbocycles. The highest BCUT2D eigenvalue weighted by Crippen LogP contribution is 2.35. The molecule has 1 aliphatic rings. The third-order valence-corrected chi connectivity index (χ3v) is 6.97. The first-order chi connectivity index (χ1) is 16.5. The van der Waals surface area contributed by atoms with Crippen molar-refractivity contribution >= 4 is 50.7 Å². The topological polar surface area (TPSA) is 59.4 Å². The van der Waals surface area contributed by atoms with Gasteiger partial charge in [0.1, 0.15) is 0 Å². The molecule has 4 rings (SSSR count). The maximum atomic E-state index is 13.2. The molecule has 2 aromatic carbocycles. The van der Waals surface area contributed by atoms with Crippen molar-refractivity contribution in [2.45, 2.75) is 20.0 Å². The largest absolute Gasteiger partial charge is 0.416 e. The summed E-state index contributed by atoms with van der Waals surface area (Å²) in [4.78, 5) is 39.0. The number of alkyl halides is 3. The number of halogens is 4. The van der Waals surface area contributed by atoms with E-state index in [2.05, 4.69) is 15.9 Å². The van der Waals surface area contributed by atoms with Gasteiger partial charge in [-0.05, 0) is 73.6 Å². The molecule has 0 saturated carbocycles. The number of ketones is 1. The number of aryl methyl sites for hydroxylation is 1. The summed E-state index contributed by atoms with van der Waals surface area (Å²) in [6.07, 6.45) is -2.94. The molecule has 2 amide bonds. The van der Waals surface area contributed by atoms with Gasteiger partial charge >= 0.3 is 6.18 Å². The molecule has 0 bridgehead atoms. The highest BCUT2D eigenvalue weighted by molar-refractivity contribution is 9.10. The molecular formula is C25H18BrF3N2O3S. The van der Waals surface area contributed by atoms with Crippen LogP contribution in [-0.4, -0.2) is 32.9 Å². The first-order valence-electron chi connectivity index (χ1n) is 10.4. The van der Waals surface area contributed by atoms with Crippen molar-refractivity contribution < 1.29 is 27.6 Å². The van der Waals surface area contributed by atoms with Crippen LogP contribution in [0.2, 0.25) is 0 Å². The van der Waals surface area contributed by atoms with Crippen LogP contribution in [0.1, 0.15) is 32.9 Å². The number of imide groups is 1. The van der Waals surface area contributed by atoms with Crippen molar-refractivity contribution in [1.29, 1.82) is 0 Å². The van der Waals surface area contributed by atoms with Gasteiger partial charge in [-0.15, -0.1) is 0 Å². The average molecular weight is 563 g/mol. The molecule has 1 aromatic heterocycles. The first-order valence-corrected chi connectivity index (χ1v) is 12.0. The minimum atomic E-state index is -4.47. The van der Waals surface area contributed by atoms with E-state index in [0.29, 0.717) is 28.2 Å². The van der Waals surface area contributed by atoms with Gasteiger partial charge in [0.15, 0.2) is 5.78 Å². The lowest BCUT2D eigenvalue weighted by molar-refractivity contribution is -0.137. The number of Topliss-reactive ketones (excluding diaryl/α,β-unsaturated/α-hetero) is 1. The van der Waals surface area contributed by atoms with Gasteiger partial charge in [0.05, 0.1) is 17.0 Å². The van der Waals surface area contributed by atoms with Gasteiger partial charge in [-0.2, -0.15) is 13.2 Å². The number of benzene rings is 2. The summed E-state index contributed by atoms with van der Waals surface area (Å²) in [5, 5.41) is -0.557. The highest BCUT2D eigenvalue weighted by atomic mass is 79.9. The van der Waals surface area contributed by atoms with E-state index in [4.69, 9.17) is 0 Å². The van der Waals surface area contributed by atoms with E-state index in [0.717, 1.165) is 33.3 Å². The van der Waals surface area contributed by atoms with Crippen molar-refractivity contribution in [3.05, 3.63) is 92.1 Å². The highest BCUT2D eigenvalue weighted by Gasteiger charge is 2.36. The van der Waals surface area contributed by atoms with Gasteiger partial charge in [-0.1, -0.05) is 34.1 Å². The maximum Gasteiger partial charge on any atom is 0.416 e. The zero-order valence-electron chi connectivity index (χ0n) is 18.5. The van der Waals surface area contributed by atoms with Crippen molar-refractivity contribution in [2.24, 2.45) is 0 Å². The summed E-state index contributed by atoms with van der Waals surface area (Å²) in [6, 6.07) is 13.3. The summed E-state index contributed by atoms with van der Waals surface area (Å²) >= 11 is 4.01. The average Bonchev–Trinajstić information content (AvgIpc) is 3.22. The van der Waals surface area contributed by atoms with Gasteiger partial charge in [0.25, 0.3) is 11.1 Å². The minimum absolute atomic E-state index is 0.142. The van der Waals surface area contributed by atoms with E-state index < -0.39 is 22.9 Å². The molecule has 2 heterocycles. The number of hydrogen-bond donors (Lipinski definition) is 0. The zero-order chi connectivity index (χ0) is 25.5. The fourth-order valence-electron chi connectivity index (χ4n) is 3.80. The van der Waals surface area contributed by atoms with Crippen LogP contribution in [0.25, 0.3) is 11.8 Å². The van der Waals surface area contributed by atoms with Crippen LogP contribution in [0.4, 0.5) is 18.0 Å². The fraction of sp³-hybridized carbons (Fsp3) is 0.160. The van der Waals surface area contributed by atoms with Gasteiger partial charge in [0.2, 0.25) is 0 Å². The molecular weight excluding hydrogens is 545 g/mol. The third kappa shape index (κ3) is 5.13. The summed E-state index contributed by atoms with van der Waals surface area (Å²) in [5.74, 6) is -0.960. The van der Waals surface area contributed by atoms with Crippen molar-refractivity contribution in [3.63, 3.8) is 0 Å². The minimum Gasteiger partial charge on any atom is -0.318 e. The first kappa shape index (κ1) is 25.0. The van der Waals surface area contributed by atoms with Crippen LogP contribution < -0.4 is 0 Å². The lowest BCUT2D eigenvalue weighted by Crippen LogP contribution is -2.33. The molecule has 5 nitrogen and oxygen atoms in total. The summed E-state index contributed by atoms with van der Waals surface area (Å²) < 4.78 is 42.0. The Kier molecular flexibility index (Phi) is 6.79. The lowest BCUT2D eigenvalue weighted by Gasteiger charge is -2.13. The Morgan fingerprint density at radius 1 is 1.06 bits per heavy atom. The smallest absolute Gasteiger partial charge is 0.318 e. The van der Waals surface area contributed by atoms with Crippen molar-refractivity contribution in [1.82, 2.24) is 9.47 Å². The van der Waals surface area contributed by atoms with E-state index in [-0.39, 0.29) is 17.2 Å². The van der Waals surface area contributed by atoms with Gasteiger partial charge < -0.3 is 4.57 Å². The Labute approximate surface area is 211 Å². The Bertz CT molecular complexity index is 1380. The lowest BCUT2D eigenvalue weighted by atomic mass is 10.1. The molecule has 0 unspecified atom stereocenters. The summed E-state index contributed by atoms with van der Waals surface area (Å²) in [6.45, 7) is 3.08. The van der Waals surface area contributed by atoms with Crippen LogP contribution in [0, 0.1) is 13.8 Å². The quantitative estimate of drug-likeness (QED) is 0.253. The predicted molar refractivity (Wildman–Crippen MR) is 131 cm³/mol. The fourth-order valence-corrected chi connectivity index (χ4v) is 4.89. The Balaban J connectivity index is 1.60. The maximum absolute atomic E-state index is 13.2. The molecule has 0 atom stereocenters. The van der Waals surface area contributed by atoms with Crippen LogP contribution in [-0.2, 0) is 11.0 Å². The SMILES string of the molecule is Cc1cc(/C=C2\SC(=O)N(CC(=O)c3ccc(Br)cc3)C2=O)c(C)n1-c1cccc(C(F)(F)F)c1. The number of carbonyl (C=O) groups is 3. The molecule has 1 saturated heterocycles. The Morgan fingerprint density at radius 2 is 1.74 bits per heavy atom. The molecule has 3 aromatic rings. The molecule has 1 fully saturated rings. The second-order valence-electron chi connectivity index (χ2n) is 7.91. The van der Waals surface area contributed by atoms with E-state index >= 15 is 0 Å². The second kappa shape index (κ2) is 9.50. The standard InChI is InChI=1S/C25H18BrF3N2O3S/c1-14-10-17(15(2)31(14)20-5-3-4-18(12-20)25(27,28)29)11-22-23(33)30(24(34)35-22)13-21(32)16-6-8-19(26)9-7-16/h3-12H,13H2,1-2H3/b22-11-. The van der Waals surface area contributed by atoms with E-state index in [1.165, 1.54) is 12.1 Å². The van der Waals surface area contributed by atoms with Crippen LogP contribution in [0.3, 0.4) is 0 Å². The van der Waals surface area contributed by atoms with Crippen molar-refractivity contribution in [2.75, 3.05) is 6.54 Å². The predicted octanol–water partition coefficient (Wildman–Crippen LogP) is 6.79.